The maximum atomic E-state index is 5.98. The molecule has 1 atom stereocenters. The Kier molecular flexibility index (Phi) is 7.03. The first-order chi connectivity index (χ1) is 9.10. The second-order valence-corrected chi connectivity index (χ2v) is 5.36. The summed E-state index contributed by atoms with van der Waals surface area (Å²) >= 11 is 5.98. The van der Waals surface area contributed by atoms with Crippen molar-refractivity contribution in [1.82, 2.24) is 5.32 Å². The van der Waals surface area contributed by atoms with Crippen molar-refractivity contribution in [2.24, 2.45) is 5.92 Å². The van der Waals surface area contributed by atoms with Gasteiger partial charge in [-0.3, -0.25) is 0 Å². The lowest BCUT2D eigenvalue weighted by Gasteiger charge is -2.18. The minimum absolute atomic E-state index is 0.342. The molecule has 1 N–H and O–H groups in total. The van der Waals surface area contributed by atoms with E-state index in [0.717, 1.165) is 30.0 Å². The van der Waals surface area contributed by atoms with Crippen LogP contribution < -0.4 is 14.8 Å². The Labute approximate surface area is 121 Å². The largest absolute Gasteiger partial charge is 0.493 e. The second kappa shape index (κ2) is 8.28. The van der Waals surface area contributed by atoms with Crippen molar-refractivity contribution in [2.75, 3.05) is 20.1 Å². The molecule has 0 aliphatic rings. The molecule has 0 saturated heterocycles. The lowest BCUT2D eigenvalue weighted by atomic mass is 10.0. The minimum atomic E-state index is 0.342. The zero-order chi connectivity index (χ0) is 14.3. The van der Waals surface area contributed by atoms with Crippen LogP contribution in [0, 0.1) is 5.92 Å². The number of ether oxygens (including phenoxy) is 2. The Bertz CT molecular complexity index is 382. The third-order valence-corrected chi connectivity index (χ3v) is 3.36. The van der Waals surface area contributed by atoms with Crippen LogP contribution in [0.1, 0.15) is 25.8 Å². The molecular weight excluding hydrogens is 262 g/mol. The molecule has 108 valence electrons. The fourth-order valence-corrected chi connectivity index (χ4v) is 2.26. The maximum absolute atomic E-state index is 5.98. The molecule has 0 heterocycles. The summed E-state index contributed by atoms with van der Waals surface area (Å²) in [5.41, 5.74) is 1.16. The summed E-state index contributed by atoms with van der Waals surface area (Å²) in [4.78, 5) is 0. The quantitative estimate of drug-likeness (QED) is 0.742. The van der Waals surface area contributed by atoms with E-state index in [9.17, 15) is 0 Å². The molecule has 19 heavy (non-hydrogen) atoms. The Morgan fingerprint density at radius 3 is 2.37 bits per heavy atom. The highest BCUT2D eigenvalue weighted by atomic mass is 35.5. The number of hydrogen-bond acceptors (Lipinski definition) is 3. The molecule has 1 unspecified atom stereocenters. The van der Waals surface area contributed by atoms with Crippen molar-refractivity contribution >= 4 is 11.6 Å². The van der Waals surface area contributed by atoms with Gasteiger partial charge in [-0.25, -0.2) is 0 Å². The van der Waals surface area contributed by atoms with Gasteiger partial charge in [0.15, 0.2) is 11.5 Å². The Morgan fingerprint density at radius 2 is 1.84 bits per heavy atom. The molecule has 0 radical (unpaired) electrons. The molecule has 0 aromatic heterocycles. The first kappa shape index (κ1) is 16.1. The van der Waals surface area contributed by atoms with Gasteiger partial charge in [-0.15, -0.1) is 11.6 Å². The van der Waals surface area contributed by atoms with Gasteiger partial charge in [0.1, 0.15) is 0 Å². The average Bonchev–Trinajstić information content (AvgIpc) is 2.42. The number of halogens is 1. The molecule has 0 amide bonds. The van der Waals surface area contributed by atoms with Gasteiger partial charge >= 0.3 is 0 Å². The standard InChI is InChI=1S/C15H24ClNO2/c1-11(2)7-13(9-16)17-10-12-5-6-14(18-3)15(8-12)19-4/h5-6,8,11,13,17H,7,9-10H2,1-4H3. The predicted molar refractivity (Wildman–Crippen MR) is 80.3 cm³/mol. The van der Waals surface area contributed by atoms with Gasteiger partial charge in [-0.05, 0) is 30.0 Å². The summed E-state index contributed by atoms with van der Waals surface area (Å²) in [5.74, 6) is 2.78. The van der Waals surface area contributed by atoms with E-state index >= 15 is 0 Å². The molecule has 4 heteroatoms. The summed E-state index contributed by atoms with van der Waals surface area (Å²) in [7, 11) is 3.29. The fourth-order valence-electron chi connectivity index (χ4n) is 2.02. The number of benzene rings is 1. The Morgan fingerprint density at radius 1 is 1.16 bits per heavy atom. The number of alkyl halides is 1. The van der Waals surface area contributed by atoms with Gasteiger partial charge in [-0.2, -0.15) is 0 Å². The van der Waals surface area contributed by atoms with Gasteiger partial charge < -0.3 is 14.8 Å². The Hall–Kier alpha value is -0.930. The normalized spacial score (nSPS) is 12.5. The Balaban J connectivity index is 2.61. The van der Waals surface area contributed by atoms with Gasteiger partial charge in [0.25, 0.3) is 0 Å². The number of hydrogen-bond donors (Lipinski definition) is 1. The molecule has 0 aliphatic heterocycles. The predicted octanol–water partition coefficient (Wildman–Crippen LogP) is 3.45. The van der Waals surface area contributed by atoms with Crippen molar-refractivity contribution < 1.29 is 9.47 Å². The van der Waals surface area contributed by atoms with Crippen LogP contribution in [0.3, 0.4) is 0 Å². The molecule has 0 bridgehead atoms. The van der Waals surface area contributed by atoms with Crippen LogP contribution in [0.25, 0.3) is 0 Å². The van der Waals surface area contributed by atoms with Crippen molar-refractivity contribution in [3.8, 4) is 11.5 Å². The summed E-state index contributed by atoms with van der Waals surface area (Å²) in [5, 5.41) is 3.48. The molecule has 0 fully saturated rings. The van der Waals surface area contributed by atoms with Crippen molar-refractivity contribution in [2.45, 2.75) is 32.9 Å². The third kappa shape index (κ3) is 5.29. The number of nitrogens with one attached hydrogen (secondary N) is 1. The minimum Gasteiger partial charge on any atom is -0.493 e. The molecule has 0 saturated carbocycles. The number of rotatable bonds is 8. The van der Waals surface area contributed by atoms with Crippen LogP contribution in [-0.4, -0.2) is 26.1 Å². The first-order valence-corrected chi connectivity index (χ1v) is 7.14. The van der Waals surface area contributed by atoms with E-state index in [1.807, 2.05) is 18.2 Å². The van der Waals surface area contributed by atoms with Crippen LogP contribution in [0.2, 0.25) is 0 Å². The summed E-state index contributed by atoms with van der Waals surface area (Å²) < 4.78 is 10.5. The van der Waals surface area contributed by atoms with E-state index in [4.69, 9.17) is 21.1 Å². The van der Waals surface area contributed by atoms with Crippen molar-refractivity contribution in [1.29, 1.82) is 0 Å². The maximum Gasteiger partial charge on any atom is 0.161 e. The zero-order valence-electron chi connectivity index (χ0n) is 12.2. The molecule has 3 nitrogen and oxygen atoms in total. The van der Waals surface area contributed by atoms with Crippen LogP contribution in [-0.2, 0) is 6.54 Å². The van der Waals surface area contributed by atoms with Gasteiger partial charge in [0, 0.05) is 18.5 Å². The monoisotopic (exact) mass is 285 g/mol. The molecular formula is C15H24ClNO2. The summed E-state index contributed by atoms with van der Waals surface area (Å²) in [6.45, 7) is 5.19. The van der Waals surface area contributed by atoms with Crippen LogP contribution in [0.4, 0.5) is 0 Å². The van der Waals surface area contributed by atoms with Gasteiger partial charge in [0.2, 0.25) is 0 Å². The topological polar surface area (TPSA) is 30.5 Å². The number of methoxy groups -OCH3 is 2. The fraction of sp³-hybridized carbons (Fsp3) is 0.600. The molecule has 0 aliphatic carbocycles. The van der Waals surface area contributed by atoms with Crippen LogP contribution >= 0.6 is 11.6 Å². The first-order valence-electron chi connectivity index (χ1n) is 6.61. The zero-order valence-corrected chi connectivity index (χ0v) is 13.0. The van der Waals surface area contributed by atoms with E-state index in [1.54, 1.807) is 14.2 Å². The molecule has 1 rings (SSSR count). The van der Waals surface area contributed by atoms with E-state index in [2.05, 4.69) is 19.2 Å². The third-order valence-electron chi connectivity index (χ3n) is 2.98. The average molecular weight is 286 g/mol. The summed E-state index contributed by atoms with van der Waals surface area (Å²) in [6, 6.07) is 6.30. The van der Waals surface area contributed by atoms with E-state index in [0.29, 0.717) is 17.8 Å². The smallest absolute Gasteiger partial charge is 0.161 e. The van der Waals surface area contributed by atoms with Crippen molar-refractivity contribution in [3.63, 3.8) is 0 Å². The van der Waals surface area contributed by atoms with Gasteiger partial charge in [-0.1, -0.05) is 19.9 Å². The molecule has 1 aromatic rings. The van der Waals surface area contributed by atoms with Crippen LogP contribution in [0.15, 0.2) is 18.2 Å². The van der Waals surface area contributed by atoms with E-state index < -0.39 is 0 Å². The molecule has 0 spiro atoms. The van der Waals surface area contributed by atoms with Crippen molar-refractivity contribution in [3.05, 3.63) is 23.8 Å². The van der Waals surface area contributed by atoms with Gasteiger partial charge in [0.05, 0.1) is 14.2 Å². The second-order valence-electron chi connectivity index (χ2n) is 5.05. The lowest BCUT2D eigenvalue weighted by molar-refractivity contribution is 0.354. The molecule has 1 aromatic carbocycles. The lowest BCUT2D eigenvalue weighted by Crippen LogP contribution is -2.31. The highest BCUT2D eigenvalue weighted by molar-refractivity contribution is 6.18. The highest BCUT2D eigenvalue weighted by Crippen LogP contribution is 2.27. The van der Waals surface area contributed by atoms with E-state index in [1.165, 1.54) is 0 Å². The van der Waals surface area contributed by atoms with Crippen LogP contribution in [0.5, 0.6) is 11.5 Å². The van der Waals surface area contributed by atoms with E-state index in [-0.39, 0.29) is 0 Å². The SMILES string of the molecule is COc1ccc(CNC(CCl)CC(C)C)cc1OC. The summed E-state index contributed by atoms with van der Waals surface area (Å²) in [6.07, 6.45) is 1.08. The highest BCUT2D eigenvalue weighted by Gasteiger charge is 2.10.